The van der Waals surface area contributed by atoms with E-state index in [1.807, 2.05) is 6.07 Å². The van der Waals surface area contributed by atoms with Crippen LogP contribution in [0.3, 0.4) is 0 Å². The minimum Gasteiger partial charge on any atom is -0.460 e. The second-order valence-corrected chi connectivity index (χ2v) is 13.4. The molecule has 0 spiro atoms. The number of hydrogen-bond donors (Lipinski definition) is 0. The average molecular weight is 639 g/mol. The van der Waals surface area contributed by atoms with Gasteiger partial charge in [-0.1, -0.05) is 140 Å². The van der Waals surface area contributed by atoms with Crippen LogP contribution in [-0.4, -0.2) is 0 Å². The summed E-state index contributed by atoms with van der Waals surface area (Å²) in [5, 5.41) is 10.9. The highest BCUT2D eigenvalue weighted by Gasteiger charge is 2.24. The zero-order valence-electron chi connectivity index (χ0n) is 27.2. The van der Waals surface area contributed by atoms with Crippen molar-refractivity contribution in [2.45, 2.75) is 12.8 Å². The summed E-state index contributed by atoms with van der Waals surface area (Å²) in [5.74, 6) is 1.05. The van der Waals surface area contributed by atoms with Crippen LogP contribution in [0.1, 0.15) is 17.7 Å². The average Bonchev–Trinajstić information content (AvgIpc) is 3.74. The molecule has 0 unspecified atom stereocenters. The Labute approximate surface area is 288 Å². The number of hydrogen-bond acceptors (Lipinski definition) is 2. The van der Waals surface area contributed by atoms with Crippen molar-refractivity contribution < 1.29 is 8.83 Å². The number of rotatable bonds is 3. The molecule has 1 aliphatic carbocycles. The van der Waals surface area contributed by atoms with E-state index < -0.39 is 0 Å². The third kappa shape index (κ3) is 3.90. The normalized spacial score (nSPS) is 13.0. The summed E-state index contributed by atoms with van der Waals surface area (Å²) in [6.07, 6.45) is 6.39. The molecule has 2 nitrogen and oxygen atoms in total. The number of benzene rings is 8. The second kappa shape index (κ2) is 10.6. The fourth-order valence-electron chi connectivity index (χ4n) is 8.53. The smallest absolute Gasteiger partial charge is 0.147 e. The van der Waals surface area contributed by atoms with Gasteiger partial charge in [-0.05, 0) is 84.8 Å². The third-order valence-electron chi connectivity index (χ3n) is 10.7. The molecule has 0 saturated carbocycles. The van der Waals surface area contributed by atoms with E-state index >= 15 is 0 Å². The summed E-state index contributed by atoms with van der Waals surface area (Å²) < 4.78 is 13.4. The van der Waals surface area contributed by atoms with Crippen molar-refractivity contribution in [3.63, 3.8) is 0 Å². The summed E-state index contributed by atoms with van der Waals surface area (Å²) in [4.78, 5) is 0. The molecule has 0 saturated heterocycles. The molecule has 2 heterocycles. The molecule has 10 aromatic rings. The summed E-state index contributed by atoms with van der Waals surface area (Å²) in [6, 6.07) is 52.7. The Morgan fingerprint density at radius 1 is 0.420 bits per heavy atom. The molecule has 1 aliphatic rings. The highest BCUT2D eigenvalue weighted by Crippen LogP contribution is 2.48. The van der Waals surface area contributed by atoms with Gasteiger partial charge in [0, 0.05) is 28.1 Å². The van der Waals surface area contributed by atoms with Crippen molar-refractivity contribution in [1.82, 2.24) is 0 Å². The van der Waals surface area contributed by atoms with Gasteiger partial charge in [-0.2, -0.15) is 0 Å². The van der Waals surface area contributed by atoms with Gasteiger partial charge in [0.05, 0.1) is 5.56 Å². The first-order valence-electron chi connectivity index (χ1n) is 17.4. The fraction of sp³-hybridized carbons (Fsp3) is 0.0417. The molecule has 234 valence electrons. The maximum absolute atomic E-state index is 6.75. The van der Waals surface area contributed by atoms with Crippen LogP contribution in [0, 0.1) is 0 Å². The molecular formula is C48H30O2. The SMILES string of the molecule is C1=Cc2c(oc3c(-c4cccc(-c5c6ccccc6c(-c6cccc7ccccc67)c6ccccc56)c4)c4oc5ccccc5c4cc23)CC1. The van der Waals surface area contributed by atoms with Crippen LogP contribution >= 0.6 is 0 Å². The zero-order valence-corrected chi connectivity index (χ0v) is 27.2. The van der Waals surface area contributed by atoms with E-state index in [2.05, 4.69) is 152 Å². The van der Waals surface area contributed by atoms with Crippen molar-refractivity contribution in [3.05, 3.63) is 163 Å². The molecule has 11 rings (SSSR count). The lowest BCUT2D eigenvalue weighted by atomic mass is 9.84. The first kappa shape index (κ1) is 27.6. The number of fused-ring (bicyclic) bond motifs is 9. The number of aryl methyl sites for hydroxylation is 1. The van der Waals surface area contributed by atoms with E-state index in [0.29, 0.717) is 0 Å². The van der Waals surface area contributed by atoms with Crippen molar-refractivity contribution in [1.29, 1.82) is 0 Å². The number of para-hydroxylation sites is 1. The van der Waals surface area contributed by atoms with Gasteiger partial charge in [-0.3, -0.25) is 0 Å². The van der Waals surface area contributed by atoms with Gasteiger partial charge in [0.2, 0.25) is 0 Å². The van der Waals surface area contributed by atoms with Crippen LogP contribution in [0.2, 0.25) is 0 Å². The molecular weight excluding hydrogens is 609 g/mol. The molecule has 0 radical (unpaired) electrons. The molecule has 8 aromatic carbocycles. The van der Waals surface area contributed by atoms with E-state index in [-0.39, 0.29) is 0 Å². The Kier molecular flexibility index (Phi) is 5.82. The van der Waals surface area contributed by atoms with E-state index in [9.17, 15) is 0 Å². The molecule has 0 N–H and O–H groups in total. The molecule has 0 amide bonds. The highest BCUT2D eigenvalue weighted by atomic mass is 16.3. The Bertz CT molecular complexity index is 2980. The van der Waals surface area contributed by atoms with Gasteiger partial charge in [0.1, 0.15) is 22.5 Å². The predicted octanol–water partition coefficient (Wildman–Crippen LogP) is 13.8. The van der Waals surface area contributed by atoms with Crippen molar-refractivity contribution in [2.24, 2.45) is 0 Å². The fourth-order valence-corrected chi connectivity index (χ4v) is 8.53. The standard InChI is InChI=1S/C48H30O2/c1-2-17-32-29(13-1)14-12-24-35(32)46-38-22-5-3-20-36(38)44(37-21-4-6-23-39(37)46)30-15-11-16-31(27-30)45-47-40(33-18-7-9-25-42(33)49-47)28-41-34-19-8-10-26-43(34)50-48(41)45/h1-9,11-25,27-28H,10,26H2. The Hall–Kier alpha value is -6.38. The van der Waals surface area contributed by atoms with Crippen molar-refractivity contribution >= 4 is 71.3 Å². The lowest BCUT2D eigenvalue weighted by Crippen LogP contribution is -1.92. The van der Waals surface area contributed by atoms with E-state index in [0.717, 1.165) is 68.2 Å². The van der Waals surface area contributed by atoms with Crippen molar-refractivity contribution in [3.8, 4) is 33.4 Å². The van der Waals surface area contributed by atoms with Crippen LogP contribution in [0.4, 0.5) is 0 Å². The Morgan fingerprint density at radius 3 is 1.80 bits per heavy atom. The van der Waals surface area contributed by atoms with E-state index in [1.165, 1.54) is 54.6 Å². The van der Waals surface area contributed by atoms with Gasteiger partial charge in [0.15, 0.2) is 0 Å². The summed E-state index contributed by atoms with van der Waals surface area (Å²) >= 11 is 0. The third-order valence-corrected chi connectivity index (χ3v) is 10.7. The molecule has 0 atom stereocenters. The molecule has 2 aromatic heterocycles. The van der Waals surface area contributed by atoms with Gasteiger partial charge in [-0.15, -0.1) is 0 Å². The zero-order chi connectivity index (χ0) is 32.8. The van der Waals surface area contributed by atoms with Crippen LogP contribution in [0.15, 0.2) is 161 Å². The maximum atomic E-state index is 6.75. The molecule has 2 heteroatoms. The monoisotopic (exact) mass is 638 g/mol. The summed E-state index contributed by atoms with van der Waals surface area (Å²) in [7, 11) is 0. The van der Waals surface area contributed by atoms with Crippen LogP contribution in [0.25, 0.3) is 105 Å². The van der Waals surface area contributed by atoms with Gasteiger partial charge in [-0.25, -0.2) is 0 Å². The lowest BCUT2D eigenvalue weighted by molar-refractivity contribution is 0.546. The highest BCUT2D eigenvalue weighted by molar-refractivity contribution is 6.24. The van der Waals surface area contributed by atoms with Crippen LogP contribution in [-0.2, 0) is 6.42 Å². The number of allylic oxidation sites excluding steroid dienone is 1. The summed E-state index contributed by atoms with van der Waals surface area (Å²) in [5.41, 5.74) is 10.9. The minimum absolute atomic E-state index is 0.868. The van der Waals surface area contributed by atoms with Gasteiger partial charge in [0.25, 0.3) is 0 Å². The Morgan fingerprint density at radius 2 is 1.02 bits per heavy atom. The molecule has 0 aliphatic heterocycles. The molecule has 50 heavy (non-hydrogen) atoms. The lowest BCUT2D eigenvalue weighted by Gasteiger charge is -2.19. The second-order valence-electron chi connectivity index (χ2n) is 13.4. The topological polar surface area (TPSA) is 26.3 Å². The van der Waals surface area contributed by atoms with E-state index in [1.54, 1.807) is 0 Å². The number of furan rings is 2. The molecule has 0 bridgehead atoms. The molecule has 0 fully saturated rings. The predicted molar refractivity (Wildman–Crippen MR) is 210 cm³/mol. The van der Waals surface area contributed by atoms with Crippen LogP contribution < -0.4 is 0 Å². The quantitative estimate of drug-likeness (QED) is 0.180. The first-order chi connectivity index (χ1) is 24.8. The van der Waals surface area contributed by atoms with Crippen LogP contribution in [0.5, 0.6) is 0 Å². The minimum atomic E-state index is 0.868. The van der Waals surface area contributed by atoms with Gasteiger partial charge < -0.3 is 8.83 Å². The first-order valence-corrected chi connectivity index (χ1v) is 17.4. The van der Waals surface area contributed by atoms with Gasteiger partial charge >= 0.3 is 0 Å². The largest absolute Gasteiger partial charge is 0.460 e. The Balaban J connectivity index is 1.22. The van der Waals surface area contributed by atoms with Crippen molar-refractivity contribution in [2.75, 3.05) is 0 Å². The summed E-state index contributed by atoms with van der Waals surface area (Å²) in [6.45, 7) is 0. The van der Waals surface area contributed by atoms with E-state index in [4.69, 9.17) is 8.83 Å². The maximum Gasteiger partial charge on any atom is 0.147 e.